The second-order valence-electron chi connectivity index (χ2n) is 15.1. The molecule has 0 aliphatic heterocycles. The number of carbonyl (C=O) groups is 3. The topological polar surface area (TPSA) is 145 Å². The van der Waals surface area contributed by atoms with E-state index in [0.717, 1.165) is 33.8 Å². The van der Waals surface area contributed by atoms with Crippen LogP contribution in [0.3, 0.4) is 0 Å². The van der Waals surface area contributed by atoms with Crippen LogP contribution in [-0.2, 0) is 23.9 Å². The van der Waals surface area contributed by atoms with Crippen LogP contribution < -0.4 is 11.1 Å². The van der Waals surface area contributed by atoms with E-state index in [2.05, 4.69) is 31.2 Å². The van der Waals surface area contributed by atoms with Crippen molar-refractivity contribution in [3.8, 4) is 0 Å². The van der Waals surface area contributed by atoms with Gasteiger partial charge in [-0.3, -0.25) is 19.0 Å². The predicted molar refractivity (Wildman–Crippen MR) is 219 cm³/mol. The largest absolute Gasteiger partial charge is 0.477 e. The molecule has 0 radical (unpaired) electrons. The Bertz CT molecular complexity index is 2200. The van der Waals surface area contributed by atoms with Gasteiger partial charge in [0.2, 0.25) is 5.91 Å². The van der Waals surface area contributed by atoms with Crippen molar-refractivity contribution in [1.82, 2.24) is 19.6 Å². The molecule has 0 fully saturated rings. The Morgan fingerprint density at radius 1 is 0.673 bits per heavy atom. The number of benzene rings is 4. The monoisotopic (exact) mass is 760 g/mol. The summed E-state index contributed by atoms with van der Waals surface area (Å²) in [5, 5.41) is 21.8. The summed E-state index contributed by atoms with van der Waals surface area (Å²) in [6, 6.07) is 37.8. The molecule has 0 unspecified atom stereocenters. The van der Waals surface area contributed by atoms with Gasteiger partial charge >= 0.3 is 5.97 Å². The first-order valence-corrected chi connectivity index (χ1v) is 18.2. The average molecular weight is 761 g/mol. The van der Waals surface area contributed by atoms with Crippen molar-refractivity contribution in [1.29, 1.82) is 0 Å². The van der Waals surface area contributed by atoms with Gasteiger partial charge in [0.15, 0.2) is 0 Å². The Balaban J connectivity index is 0.000000202. The summed E-state index contributed by atoms with van der Waals surface area (Å²) in [4.78, 5) is 34.7. The highest BCUT2D eigenvalue weighted by molar-refractivity contribution is 6.33. The molecule has 2 heterocycles. The molecule has 4 aromatic carbocycles. The van der Waals surface area contributed by atoms with Gasteiger partial charge in [0, 0.05) is 16.5 Å². The Morgan fingerprint density at radius 2 is 1.11 bits per heavy atom. The minimum atomic E-state index is -0.945. The Hall–Kier alpha value is -6.00. The molecular weight excluding hydrogens is 712 g/mol. The number of aromatic nitrogens is 4. The first-order valence-electron chi connectivity index (χ1n) is 17.8. The summed E-state index contributed by atoms with van der Waals surface area (Å²) in [6.07, 6.45) is 0. The van der Waals surface area contributed by atoms with Crippen molar-refractivity contribution >= 4 is 35.1 Å². The number of amides is 2. The molecule has 11 heteroatoms. The third-order valence-corrected chi connectivity index (χ3v) is 8.68. The lowest BCUT2D eigenvalue weighted by Crippen LogP contribution is -2.18. The summed E-state index contributed by atoms with van der Waals surface area (Å²) < 4.78 is 3.34. The highest BCUT2D eigenvalue weighted by atomic mass is 35.5. The maximum Gasteiger partial charge on any atom is 0.354 e. The van der Waals surface area contributed by atoms with Crippen molar-refractivity contribution in [2.24, 2.45) is 5.73 Å². The SMILES string of the molecule is CC(C)(C)c1cc(C(=O)O)n(Cc2ccccc2)n1.Cc1ccc(NC(=O)c2cc(C(C)(C)C)nn2Cc2ccccc2)cc1.NC(=O)c1ccccc1Cl. The third kappa shape index (κ3) is 12.3. The third-order valence-electron chi connectivity index (χ3n) is 8.35. The van der Waals surface area contributed by atoms with E-state index in [1.54, 1.807) is 39.7 Å². The number of nitrogens with two attached hydrogens (primary N) is 1. The van der Waals surface area contributed by atoms with Crippen molar-refractivity contribution < 1.29 is 19.5 Å². The Morgan fingerprint density at radius 3 is 1.53 bits per heavy atom. The second kappa shape index (κ2) is 18.4. The molecule has 286 valence electrons. The number of carboxylic acids is 1. The number of rotatable bonds is 8. The molecule has 2 aromatic heterocycles. The number of hydrogen-bond acceptors (Lipinski definition) is 5. The Labute approximate surface area is 328 Å². The lowest BCUT2D eigenvalue weighted by atomic mass is 9.92. The van der Waals surface area contributed by atoms with Crippen LogP contribution in [0.5, 0.6) is 0 Å². The highest BCUT2D eigenvalue weighted by Gasteiger charge is 2.24. The lowest BCUT2D eigenvalue weighted by Gasteiger charge is -2.14. The zero-order chi connectivity index (χ0) is 40.3. The molecule has 0 spiro atoms. The molecule has 0 saturated heterocycles. The summed E-state index contributed by atoms with van der Waals surface area (Å²) >= 11 is 5.62. The van der Waals surface area contributed by atoms with Crippen LogP contribution in [0.15, 0.2) is 121 Å². The van der Waals surface area contributed by atoms with E-state index in [1.807, 2.05) is 119 Å². The fraction of sp³-hybridized carbons (Fsp3) is 0.250. The van der Waals surface area contributed by atoms with E-state index >= 15 is 0 Å². The molecule has 55 heavy (non-hydrogen) atoms. The molecule has 0 atom stereocenters. The van der Waals surface area contributed by atoms with Gasteiger partial charge in [0.05, 0.1) is 35.1 Å². The number of aryl methyl sites for hydroxylation is 1. The fourth-order valence-corrected chi connectivity index (χ4v) is 5.40. The quantitative estimate of drug-likeness (QED) is 0.141. The molecule has 0 bridgehead atoms. The van der Waals surface area contributed by atoms with Crippen LogP contribution in [0.1, 0.15) is 101 Å². The molecule has 10 nitrogen and oxygen atoms in total. The second-order valence-corrected chi connectivity index (χ2v) is 15.5. The van der Waals surface area contributed by atoms with Crippen LogP contribution in [0.2, 0.25) is 5.02 Å². The number of carboxylic acid groups (broad SMARTS) is 1. The van der Waals surface area contributed by atoms with E-state index in [0.29, 0.717) is 29.4 Å². The van der Waals surface area contributed by atoms with Gasteiger partial charge in [-0.25, -0.2) is 4.79 Å². The highest BCUT2D eigenvalue weighted by Crippen LogP contribution is 2.24. The van der Waals surface area contributed by atoms with Crippen molar-refractivity contribution in [2.45, 2.75) is 72.4 Å². The summed E-state index contributed by atoms with van der Waals surface area (Å²) in [7, 11) is 0. The van der Waals surface area contributed by atoms with Crippen LogP contribution in [-0.4, -0.2) is 42.5 Å². The minimum Gasteiger partial charge on any atom is -0.477 e. The number of nitrogens with one attached hydrogen (secondary N) is 1. The van der Waals surface area contributed by atoms with Gasteiger partial charge in [-0.2, -0.15) is 10.2 Å². The predicted octanol–water partition coefficient (Wildman–Crippen LogP) is 9.16. The molecular formula is C44H49ClN6O4. The van der Waals surface area contributed by atoms with E-state index in [9.17, 15) is 19.5 Å². The lowest BCUT2D eigenvalue weighted by molar-refractivity contribution is 0.0683. The van der Waals surface area contributed by atoms with E-state index in [4.69, 9.17) is 22.4 Å². The van der Waals surface area contributed by atoms with Crippen LogP contribution >= 0.6 is 11.6 Å². The van der Waals surface area contributed by atoms with Gasteiger partial charge < -0.3 is 16.2 Å². The van der Waals surface area contributed by atoms with Gasteiger partial charge in [0.1, 0.15) is 11.4 Å². The maximum absolute atomic E-state index is 12.9. The summed E-state index contributed by atoms with van der Waals surface area (Å²) in [6.45, 7) is 15.4. The van der Waals surface area contributed by atoms with Crippen molar-refractivity contribution in [2.75, 3.05) is 5.32 Å². The standard InChI is InChI=1S/C22H25N3O.C15H18N2O2.C7H6ClNO/c1-16-10-12-18(13-11-16)23-21(26)19-14-20(22(2,3)4)24-25(19)15-17-8-6-5-7-9-17;1-15(2,3)13-9-12(14(18)19)17(16-13)10-11-7-5-4-6-8-11;8-6-4-2-1-3-5(6)7(9)10/h5-14H,15H2,1-4H3,(H,23,26);4-9H,10H2,1-3H3,(H,18,19);1-4H,(H2,9,10). The van der Waals surface area contributed by atoms with Gasteiger partial charge in [-0.15, -0.1) is 0 Å². The van der Waals surface area contributed by atoms with Gasteiger partial charge in [0.25, 0.3) is 5.91 Å². The molecule has 2 amide bonds. The van der Waals surface area contributed by atoms with E-state index < -0.39 is 11.9 Å². The molecule has 0 saturated carbocycles. The molecule has 0 aliphatic rings. The number of halogens is 1. The number of nitrogens with zero attached hydrogens (tertiary/aromatic N) is 4. The minimum absolute atomic E-state index is 0.124. The summed E-state index contributed by atoms with van der Waals surface area (Å²) in [5.41, 5.74) is 11.7. The van der Waals surface area contributed by atoms with E-state index in [1.165, 1.54) is 0 Å². The number of primary amides is 1. The molecule has 4 N–H and O–H groups in total. The number of carbonyl (C=O) groups excluding carboxylic acids is 2. The molecule has 6 rings (SSSR count). The number of aromatic carboxylic acids is 1. The number of anilines is 1. The summed E-state index contributed by atoms with van der Waals surface area (Å²) in [5.74, 6) is -1.59. The molecule has 6 aromatic rings. The maximum atomic E-state index is 12.9. The van der Waals surface area contributed by atoms with E-state index in [-0.39, 0.29) is 22.4 Å². The van der Waals surface area contributed by atoms with Gasteiger partial charge in [-0.1, -0.05) is 144 Å². The van der Waals surface area contributed by atoms with Crippen LogP contribution in [0.4, 0.5) is 5.69 Å². The first-order chi connectivity index (χ1) is 25.9. The zero-order valence-corrected chi connectivity index (χ0v) is 33.1. The average Bonchev–Trinajstić information content (AvgIpc) is 3.76. The first kappa shape index (κ1) is 41.8. The Kier molecular flexibility index (Phi) is 13.9. The van der Waals surface area contributed by atoms with Crippen LogP contribution in [0, 0.1) is 6.92 Å². The van der Waals surface area contributed by atoms with Crippen LogP contribution in [0.25, 0.3) is 0 Å². The fourth-order valence-electron chi connectivity index (χ4n) is 5.17. The molecule has 0 aliphatic carbocycles. The van der Waals surface area contributed by atoms with Gasteiger partial charge in [-0.05, 0) is 54.4 Å². The smallest absolute Gasteiger partial charge is 0.354 e. The number of hydrogen-bond donors (Lipinski definition) is 3. The van der Waals surface area contributed by atoms with Crippen molar-refractivity contribution in [3.05, 3.63) is 171 Å². The normalized spacial score (nSPS) is 11.1. The zero-order valence-electron chi connectivity index (χ0n) is 32.4. The van der Waals surface area contributed by atoms with Crippen molar-refractivity contribution in [3.63, 3.8) is 0 Å².